The van der Waals surface area contributed by atoms with Crippen molar-refractivity contribution >= 4 is 23.5 Å². The van der Waals surface area contributed by atoms with Gasteiger partial charge in [-0.3, -0.25) is 14.4 Å². The van der Waals surface area contributed by atoms with Crippen LogP contribution in [0.2, 0.25) is 0 Å². The number of amides is 1. The molecule has 170 valence electrons. The Bertz CT molecular complexity index is 1240. The van der Waals surface area contributed by atoms with E-state index in [-0.39, 0.29) is 58.9 Å². The Labute approximate surface area is 188 Å². The fourth-order valence-corrected chi connectivity index (χ4v) is 3.20. The fourth-order valence-electron chi connectivity index (χ4n) is 3.20. The quantitative estimate of drug-likeness (QED) is 0.304. The maximum atomic E-state index is 14.2. The number of hydrogen-bond donors (Lipinski definition) is 4. The molecule has 5 N–H and O–H groups in total. The van der Waals surface area contributed by atoms with E-state index in [1.54, 1.807) is 13.0 Å². The lowest BCUT2D eigenvalue weighted by Gasteiger charge is -2.11. The number of carbonyl (C=O) groups is 3. The SMILES string of the molecule is Cc1ccc(C(=O)c2ccc(O)c(-c3ccc(C(=O)NCCCC(=O)O)c(N)n3)c2)c(F)c1. The third-order valence-corrected chi connectivity index (χ3v) is 4.93. The van der Waals surface area contributed by atoms with Crippen molar-refractivity contribution in [3.8, 4) is 17.0 Å². The number of hydrogen-bond acceptors (Lipinski definition) is 6. The number of aromatic hydroxyl groups is 1. The van der Waals surface area contributed by atoms with E-state index in [9.17, 15) is 23.9 Å². The molecule has 0 aliphatic carbocycles. The van der Waals surface area contributed by atoms with Crippen molar-refractivity contribution in [3.63, 3.8) is 0 Å². The van der Waals surface area contributed by atoms with E-state index in [0.29, 0.717) is 5.56 Å². The molecule has 0 bridgehead atoms. The topological polar surface area (TPSA) is 143 Å². The van der Waals surface area contributed by atoms with Gasteiger partial charge in [-0.15, -0.1) is 0 Å². The van der Waals surface area contributed by atoms with Gasteiger partial charge in [-0.1, -0.05) is 6.07 Å². The molecule has 0 unspecified atom stereocenters. The second kappa shape index (κ2) is 9.90. The van der Waals surface area contributed by atoms with E-state index in [4.69, 9.17) is 10.8 Å². The fraction of sp³-hybridized carbons (Fsp3) is 0.167. The van der Waals surface area contributed by atoms with Gasteiger partial charge in [0.2, 0.25) is 0 Å². The number of nitrogens with one attached hydrogen (secondary N) is 1. The van der Waals surface area contributed by atoms with Crippen LogP contribution in [-0.2, 0) is 4.79 Å². The number of carboxylic acid groups (broad SMARTS) is 1. The molecule has 0 atom stereocenters. The van der Waals surface area contributed by atoms with E-state index in [1.165, 1.54) is 42.5 Å². The first-order valence-corrected chi connectivity index (χ1v) is 10.1. The number of aromatic nitrogens is 1. The number of carbonyl (C=O) groups excluding carboxylic acids is 2. The maximum absolute atomic E-state index is 14.2. The summed E-state index contributed by atoms with van der Waals surface area (Å²) >= 11 is 0. The summed E-state index contributed by atoms with van der Waals surface area (Å²) in [6.07, 6.45) is 0.191. The molecule has 2 aromatic carbocycles. The van der Waals surface area contributed by atoms with Gasteiger partial charge in [0.25, 0.3) is 5.91 Å². The molecule has 0 saturated carbocycles. The summed E-state index contributed by atoms with van der Waals surface area (Å²) in [5, 5.41) is 21.5. The first kappa shape index (κ1) is 23.4. The minimum Gasteiger partial charge on any atom is -0.507 e. The number of phenols is 1. The second-order valence-corrected chi connectivity index (χ2v) is 7.43. The molecular formula is C24H22FN3O5. The average Bonchev–Trinajstić information content (AvgIpc) is 2.76. The normalized spacial score (nSPS) is 10.6. The first-order chi connectivity index (χ1) is 15.7. The van der Waals surface area contributed by atoms with Crippen molar-refractivity contribution < 1.29 is 29.0 Å². The van der Waals surface area contributed by atoms with Gasteiger partial charge in [0, 0.05) is 24.1 Å². The molecule has 1 amide bonds. The highest BCUT2D eigenvalue weighted by molar-refractivity contribution is 6.10. The van der Waals surface area contributed by atoms with E-state index in [0.717, 1.165) is 0 Å². The van der Waals surface area contributed by atoms with Crippen LogP contribution in [0.15, 0.2) is 48.5 Å². The Kier molecular flexibility index (Phi) is 7.02. The average molecular weight is 451 g/mol. The Morgan fingerprint density at radius 1 is 1.06 bits per heavy atom. The molecule has 1 aromatic heterocycles. The number of anilines is 1. The van der Waals surface area contributed by atoms with Crippen LogP contribution in [0.3, 0.4) is 0 Å². The number of halogens is 1. The molecule has 0 radical (unpaired) electrons. The van der Waals surface area contributed by atoms with Crippen LogP contribution < -0.4 is 11.1 Å². The van der Waals surface area contributed by atoms with Crippen molar-refractivity contribution in [2.24, 2.45) is 0 Å². The molecule has 0 saturated heterocycles. The first-order valence-electron chi connectivity index (χ1n) is 10.1. The van der Waals surface area contributed by atoms with Crippen LogP contribution in [0.1, 0.15) is 44.7 Å². The highest BCUT2D eigenvalue weighted by atomic mass is 19.1. The van der Waals surface area contributed by atoms with Crippen LogP contribution >= 0.6 is 0 Å². The molecule has 33 heavy (non-hydrogen) atoms. The van der Waals surface area contributed by atoms with E-state index < -0.39 is 23.5 Å². The zero-order valence-corrected chi connectivity index (χ0v) is 17.8. The predicted molar refractivity (Wildman–Crippen MR) is 120 cm³/mol. The van der Waals surface area contributed by atoms with Crippen molar-refractivity contribution in [2.75, 3.05) is 12.3 Å². The number of aryl methyl sites for hydroxylation is 1. The lowest BCUT2D eigenvalue weighted by molar-refractivity contribution is -0.137. The van der Waals surface area contributed by atoms with Gasteiger partial charge < -0.3 is 21.3 Å². The van der Waals surface area contributed by atoms with Crippen LogP contribution in [0, 0.1) is 12.7 Å². The zero-order chi connectivity index (χ0) is 24.1. The summed E-state index contributed by atoms with van der Waals surface area (Å²) in [6.45, 7) is 1.87. The summed E-state index contributed by atoms with van der Waals surface area (Å²) in [5.74, 6) is -2.95. The van der Waals surface area contributed by atoms with Gasteiger partial charge in [-0.05, 0) is 61.4 Å². The number of pyridine rings is 1. The van der Waals surface area contributed by atoms with Gasteiger partial charge >= 0.3 is 5.97 Å². The highest BCUT2D eigenvalue weighted by Crippen LogP contribution is 2.31. The van der Waals surface area contributed by atoms with Crippen LogP contribution in [-0.4, -0.2) is 39.4 Å². The Morgan fingerprint density at radius 3 is 2.45 bits per heavy atom. The summed E-state index contributed by atoms with van der Waals surface area (Å²) in [6, 6.07) is 11.2. The Balaban J connectivity index is 1.84. The monoisotopic (exact) mass is 451 g/mol. The minimum atomic E-state index is -0.958. The van der Waals surface area contributed by atoms with Gasteiger partial charge in [-0.25, -0.2) is 9.37 Å². The van der Waals surface area contributed by atoms with E-state index in [1.807, 2.05) is 0 Å². The molecule has 0 aliphatic rings. The molecule has 9 heteroatoms. The number of benzene rings is 2. The maximum Gasteiger partial charge on any atom is 0.303 e. The molecule has 3 rings (SSSR count). The summed E-state index contributed by atoms with van der Waals surface area (Å²) in [5.41, 5.74) is 7.14. The number of carboxylic acids is 1. The van der Waals surface area contributed by atoms with Crippen molar-refractivity contribution in [2.45, 2.75) is 19.8 Å². The number of nitrogens with zero attached hydrogens (tertiary/aromatic N) is 1. The van der Waals surface area contributed by atoms with Gasteiger partial charge in [0.15, 0.2) is 5.78 Å². The van der Waals surface area contributed by atoms with Crippen molar-refractivity contribution in [1.29, 1.82) is 0 Å². The molecular weight excluding hydrogens is 429 g/mol. The van der Waals surface area contributed by atoms with Crippen LogP contribution in [0.4, 0.5) is 10.2 Å². The van der Waals surface area contributed by atoms with Gasteiger partial charge in [0.1, 0.15) is 17.4 Å². The minimum absolute atomic E-state index is 0.0756. The third-order valence-electron chi connectivity index (χ3n) is 4.93. The number of aliphatic carboxylic acids is 1. The summed E-state index contributed by atoms with van der Waals surface area (Å²) in [7, 11) is 0. The van der Waals surface area contributed by atoms with Crippen LogP contribution in [0.25, 0.3) is 11.3 Å². The molecule has 0 spiro atoms. The highest BCUT2D eigenvalue weighted by Gasteiger charge is 2.18. The predicted octanol–water partition coefficient (Wildman–Crippen LogP) is 3.31. The van der Waals surface area contributed by atoms with Crippen LogP contribution in [0.5, 0.6) is 5.75 Å². The van der Waals surface area contributed by atoms with Crippen molar-refractivity contribution in [1.82, 2.24) is 10.3 Å². The number of rotatable bonds is 8. The summed E-state index contributed by atoms with van der Waals surface area (Å²) in [4.78, 5) is 39.8. The van der Waals surface area contributed by atoms with E-state index >= 15 is 0 Å². The zero-order valence-electron chi connectivity index (χ0n) is 17.8. The third kappa shape index (κ3) is 5.51. The lowest BCUT2D eigenvalue weighted by Crippen LogP contribution is -2.26. The summed E-state index contributed by atoms with van der Waals surface area (Å²) < 4.78 is 14.2. The lowest BCUT2D eigenvalue weighted by atomic mass is 9.98. The number of nitrogen functional groups attached to an aromatic ring is 1. The second-order valence-electron chi connectivity index (χ2n) is 7.43. The Morgan fingerprint density at radius 2 is 1.79 bits per heavy atom. The molecule has 3 aromatic rings. The van der Waals surface area contributed by atoms with Crippen molar-refractivity contribution in [3.05, 3.63) is 76.6 Å². The molecule has 8 nitrogen and oxygen atoms in total. The largest absolute Gasteiger partial charge is 0.507 e. The van der Waals surface area contributed by atoms with E-state index in [2.05, 4.69) is 10.3 Å². The molecule has 1 heterocycles. The molecule has 0 aliphatic heterocycles. The Hall–Kier alpha value is -4.27. The molecule has 0 fully saturated rings. The number of phenolic OH excluding ortho intramolecular Hbond substituents is 1. The number of nitrogens with two attached hydrogens (primary N) is 1. The van der Waals surface area contributed by atoms with Gasteiger partial charge in [0.05, 0.1) is 16.8 Å². The smallest absolute Gasteiger partial charge is 0.303 e. The number of ketones is 1. The van der Waals surface area contributed by atoms with Gasteiger partial charge in [-0.2, -0.15) is 0 Å². The standard InChI is InChI=1S/C24H22FN3O5/c1-13-4-6-15(18(25)11-13)22(32)14-5-9-20(29)17(12-14)19-8-7-16(23(26)28-19)24(33)27-10-2-3-21(30)31/h4-9,11-12,29H,2-3,10H2,1H3,(H2,26,28)(H,27,33)(H,30,31).